The van der Waals surface area contributed by atoms with Crippen LogP contribution in [0.15, 0.2) is 30.6 Å². The fourth-order valence-corrected chi connectivity index (χ4v) is 3.57. The third kappa shape index (κ3) is 2.40. The largest absolute Gasteiger partial charge is 0.348 e. The Labute approximate surface area is 147 Å². The van der Waals surface area contributed by atoms with Crippen molar-refractivity contribution in [1.82, 2.24) is 19.4 Å². The van der Waals surface area contributed by atoms with Crippen molar-refractivity contribution in [3.63, 3.8) is 0 Å². The quantitative estimate of drug-likeness (QED) is 0.788. The van der Waals surface area contributed by atoms with Crippen molar-refractivity contribution in [2.24, 2.45) is 0 Å². The molecule has 5 nitrogen and oxygen atoms in total. The summed E-state index contributed by atoms with van der Waals surface area (Å²) >= 11 is 0. The lowest BCUT2D eigenvalue weighted by Gasteiger charge is -2.28. The Kier molecular flexibility index (Phi) is 4.37. The SMILES string of the molecule is CCc1[nH]cnc1CN1CCc2c(C)c3ccccc3n2C1=O.Cl. The molecule has 1 aromatic carbocycles. The number of carbonyl (C=O) groups excluding carboxylic acids is 1. The molecular formula is C18H21ClN4O. The zero-order valence-corrected chi connectivity index (χ0v) is 14.7. The van der Waals surface area contributed by atoms with Crippen molar-refractivity contribution < 1.29 is 4.79 Å². The molecule has 0 radical (unpaired) electrons. The van der Waals surface area contributed by atoms with Crippen LogP contribution in [0.1, 0.15) is 29.6 Å². The zero-order valence-electron chi connectivity index (χ0n) is 13.9. The number of rotatable bonds is 3. The van der Waals surface area contributed by atoms with Crippen LogP contribution in [0.4, 0.5) is 4.79 Å². The molecule has 3 aromatic rings. The fraction of sp³-hybridized carbons (Fsp3) is 0.333. The minimum Gasteiger partial charge on any atom is -0.348 e. The van der Waals surface area contributed by atoms with Crippen molar-refractivity contribution in [2.75, 3.05) is 6.54 Å². The molecule has 3 heterocycles. The van der Waals surface area contributed by atoms with Gasteiger partial charge in [-0.3, -0.25) is 4.57 Å². The normalized spacial score (nSPS) is 13.9. The van der Waals surface area contributed by atoms with Crippen LogP contribution >= 0.6 is 12.4 Å². The van der Waals surface area contributed by atoms with Gasteiger partial charge in [-0.05, 0) is 25.0 Å². The van der Waals surface area contributed by atoms with Gasteiger partial charge in [0.25, 0.3) is 0 Å². The Morgan fingerprint density at radius 1 is 1.29 bits per heavy atom. The molecule has 0 unspecified atom stereocenters. The first-order valence-electron chi connectivity index (χ1n) is 8.10. The van der Waals surface area contributed by atoms with Gasteiger partial charge >= 0.3 is 6.03 Å². The van der Waals surface area contributed by atoms with Crippen LogP contribution in [-0.2, 0) is 19.4 Å². The Hall–Kier alpha value is -2.27. The lowest BCUT2D eigenvalue weighted by Crippen LogP contribution is -2.41. The third-order valence-electron chi connectivity index (χ3n) is 4.83. The van der Waals surface area contributed by atoms with Crippen molar-refractivity contribution in [3.05, 3.63) is 53.2 Å². The van der Waals surface area contributed by atoms with Crippen molar-refractivity contribution in [1.29, 1.82) is 0 Å². The Morgan fingerprint density at radius 2 is 2.08 bits per heavy atom. The second kappa shape index (κ2) is 6.32. The molecule has 126 valence electrons. The van der Waals surface area contributed by atoms with Crippen molar-refractivity contribution >= 4 is 29.3 Å². The molecule has 1 amide bonds. The molecule has 0 saturated carbocycles. The van der Waals surface area contributed by atoms with Crippen molar-refractivity contribution in [2.45, 2.75) is 33.2 Å². The van der Waals surface area contributed by atoms with Gasteiger partial charge in [0, 0.05) is 29.7 Å². The van der Waals surface area contributed by atoms with Crippen LogP contribution in [0.25, 0.3) is 10.9 Å². The lowest BCUT2D eigenvalue weighted by atomic mass is 10.1. The highest BCUT2D eigenvalue weighted by Crippen LogP contribution is 2.29. The fourth-order valence-electron chi connectivity index (χ4n) is 3.57. The van der Waals surface area contributed by atoms with E-state index in [4.69, 9.17) is 0 Å². The number of carbonyl (C=O) groups is 1. The number of nitrogens with one attached hydrogen (secondary N) is 1. The van der Waals surface area contributed by atoms with E-state index in [2.05, 4.69) is 29.9 Å². The molecule has 0 fully saturated rings. The first kappa shape index (κ1) is 16.6. The number of amides is 1. The average molecular weight is 345 g/mol. The van der Waals surface area contributed by atoms with E-state index in [-0.39, 0.29) is 18.4 Å². The maximum Gasteiger partial charge on any atom is 0.329 e. The Morgan fingerprint density at radius 3 is 2.88 bits per heavy atom. The first-order valence-corrected chi connectivity index (χ1v) is 8.10. The monoisotopic (exact) mass is 344 g/mol. The van der Waals surface area contributed by atoms with E-state index in [1.54, 1.807) is 6.33 Å². The molecular weight excluding hydrogens is 324 g/mol. The van der Waals surface area contributed by atoms with Crippen molar-refractivity contribution in [3.8, 4) is 0 Å². The van der Waals surface area contributed by atoms with Gasteiger partial charge in [0.2, 0.25) is 0 Å². The summed E-state index contributed by atoms with van der Waals surface area (Å²) in [6.45, 7) is 5.51. The van der Waals surface area contributed by atoms with Gasteiger partial charge in [-0.15, -0.1) is 12.4 Å². The van der Waals surface area contributed by atoms with E-state index >= 15 is 0 Å². The molecule has 1 N–H and O–H groups in total. The molecule has 0 bridgehead atoms. The van der Waals surface area contributed by atoms with Gasteiger partial charge in [0.1, 0.15) is 0 Å². The van der Waals surface area contributed by atoms with E-state index in [1.165, 1.54) is 10.9 Å². The van der Waals surface area contributed by atoms with Crippen LogP contribution in [0.3, 0.4) is 0 Å². The predicted molar refractivity (Wildman–Crippen MR) is 96.8 cm³/mol. The number of halogens is 1. The summed E-state index contributed by atoms with van der Waals surface area (Å²) in [5, 5.41) is 1.17. The highest BCUT2D eigenvalue weighted by molar-refractivity contribution is 5.96. The van der Waals surface area contributed by atoms with Gasteiger partial charge in [-0.25, -0.2) is 9.78 Å². The molecule has 4 rings (SSSR count). The van der Waals surface area contributed by atoms with Crippen LogP contribution < -0.4 is 0 Å². The van der Waals surface area contributed by atoms with Crippen LogP contribution in [0.2, 0.25) is 0 Å². The maximum absolute atomic E-state index is 13.0. The number of H-pyrrole nitrogens is 1. The number of fused-ring (bicyclic) bond motifs is 3. The predicted octanol–water partition coefficient (Wildman–Crippen LogP) is 3.68. The Bertz CT molecular complexity index is 896. The second-order valence-corrected chi connectivity index (χ2v) is 6.06. The minimum atomic E-state index is 0. The molecule has 1 aliphatic rings. The van der Waals surface area contributed by atoms with Crippen LogP contribution in [0.5, 0.6) is 0 Å². The minimum absolute atomic E-state index is 0. The van der Waals surface area contributed by atoms with Gasteiger partial charge in [0.05, 0.1) is 24.1 Å². The number of benzene rings is 1. The van der Waals surface area contributed by atoms with Crippen LogP contribution in [0, 0.1) is 6.92 Å². The van der Waals surface area contributed by atoms with Gasteiger partial charge in [-0.2, -0.15) is 0 Å². The number of aromatic amines is 1. The molecule has 2 aromatic heterocycles. The van der Waals surface area contributed by atoms with E-state index in [0.29, 0.717) is 6.54 Å². The lowest BCUT2D eigenvalue weighted by molar-refractivity contribution is 0.190. The van der Waals surface area contributed by atoms with Gasteiger partial charge in [-0.1, -0.05) is 25.1 Å². The van der Waals surface area contributed by atoms with Gasteiger partial charge < -0.3 is 9.88 Å². The standard InChI is InChI=1S/C18H20N4O.ClH/c1-3-14-15(20-11-19-14)10-21-9-8-16-12(2)13-6-4-5-7-17(13)22(16)18(21)23;/h4-7,11H,3,8-10H2,1-2H3,(H,19,20);1H. The third-order valence-corrected chi connectivity index (χ3v) is 4.83. The average Bonchev–Trinajstić information content (AvgIpc) is 3.14. The summed E-state index contributed by atoms with van der Waals surface area (Å²) in [5.41, 5.74) is 5.45. The molecule has 0 atom stereocenters. The highest BCUT2D eigenvalue weighted by Gasteiger charge is 2.28. The molecule has 6 heteroatoms. The molecule has 0 aliphatic carbocycles. The van der Waals surface area contributed by atoms with Crippen LogP contribution in [-0.4, -0.2) is 32.0 Å². The Balaban J connectivity index is 0.00000169. The number of hydrogen-bond acceptors (Lipinski definition) is 2. The number of nitrogens with zero attached hydrogens (tertiary/aromatic N) is 3. The van der Waals surface area contributed by atoms with Gasteiger partial charge in [0.15, 0.2) is 0 Å². The smallest absolute Gasteiger partial charge is 0.329 e. The number of imidazole rings is 1. The summed E-state index contributed by atoms with van der Waals surface area (Å²) in [5.74, 6) is 0. The zero-order chi connectivity index (χ0) is 16.0. The maximum atomic E-state index is 13.0. The van der Waals surface area contributed by atoms with E-state index < -0.39 is 0 Å². The molecule has 24 heavy (non-hydrogen) atoms. The molecule has 1 aliphatic heterocycles. The summed E-state index contributed by atoms with van der Waals surface area (Å²) < 4.78 is 1.88. The van der Waals surface area contributed by atoms with E-state index in [9.17, 15) is 4.79 Å². The van der Waals surface area contributed by atoms with E-state index in [1.807, 2.05) is 27.7 Å². The number of para-hydroxylation sites is 1. The highest BCUT2D eigenvalue weighted by atomic mass is 35.5. The number of hydrogen-bond donors (Lipinski definition) is 1. The number of aromatic nitrogens is 3. The number of aryl methyl sites for hydroxylation is 2. The summed E-state index contributed by atoms with van der Waals surface area (Å²) in [7, 11) is 0. The summed E-state index contributed by atoms with van der Waals surface area (Å²) in [6, 6.07) is 8.20. The summed E-state index contributed by atoms with van der Waals surface area (Å²) in [4.78, 5) is 22.5. The second-order valence-electron chi connectivity index (χ2n) is 6.06. The van der Waals surface area contributed by atoms with E-state index in [0.717, 1.165) is 42.0 Å². The molecule has 0 spiro atoms. The summed E-state index contributed by atoms with van der Waals surface area (Å²) in [6.07, 6.45) is 3.50. The molecule has 0 saturated heterocycles. The topological polar surface area (TPSA) is 53.9 Å². The first-order chi connectivity index (χ1) is 11.2.